The Morgan fingerprint density at radius 2 is 2.50 bits per heavy atom. The van der Waals surface area contributed by atoms with Crippen LogP contribution >= 0.6 is 0 Å². The topological polar surface area (TPSA) is 67.5 Å². The van der Waals surface area contributed by atoms with Gasteiger partial charge in [0.1, 0.15) is 6.04 Å². The van der Waals surface area contributed by atoms with Crippen molar-refractivity contribution in [1.29, 1.82) is 0 Å². The lowest BCUT2D eigenvalue weighted by atomic mass is 10.2. The maximum Gasteiger partial charge on any atom is 0.262 e. The lowest BCUT2D eigenvalue weighted by Crippen LogP contribution is -2.36. The van der Waals surface area contributed by atoms with Crippen LogP contribution < -0.4 is 11.2 Å². The first-order valence-electron chi connectivity index (χ1n) is 2.31. The Labute approximate surface area is 46.7 Å². The maximum atomic E-state index is 10.4. The van der Waals surface area contributed by atoms with E-state index < -0.39 is 6.04 Å². The summed E-state index contributed by atoms with van der Waals surface area (Å²) in [6, 6.07) is -0.519. The molecule has 0 aliphatic carbocycles. The van der Waals surface area contributed by atoms with E-state index in [9.17, 15) is 4.79 Å². The van der Waals surface area contributed by atoms with Crippen molar-refractivity contribution < 1.29 is 4.79 Å². The van der Waals surface area contributed by atoms with Crippen LogP contribution in [0.2, 0.25) is 0 Å². The highest BCUT2D eigenvalue weighted by atomic mass is 16.2. The molecule has 1 aliphatic heterocycles. The summed E-state index contributed by atoms with van der Waals surface area (Å²) in [5.74, 6) is -0.220. The first kappa shape index (κ1) is 5.24. The molecule has 1 amide bonds. The van der Waals surface area contributed by atoms with E-state index in [1.54, 1.807) is 6.92 Å². The Hall–Kier alpha value is -0.900. The molecule has 44 valence electrons. The third kappa shape index (κ3) is 0.586. The summed E-state index contributed by atoms with van der Waals surface area (Å²) in [6.07, 6.45) is 0. The Morgan fingerprint density at radius 1 is 1.88 bits per heavy atom. The average Bonchev–Trinajstić information content (AvgIpc) is 1.98. The maximum absolute atomic E-state index is 10.4. The highest BCUT2D eigenvalue weighted by molar-refractivity contribution is 6.10. The standard InChI is InChI=1S/C4H7N3O/c1-2-3(5)4(8)7-6-2/h3H,5H2,1H3,(H,7,8). The molecule has 0 spiro atoms. The zero-order valence-electron chi connectivity index (χ0n) is 4.51. The molecule has 1 aliphatic rings. The van der Waals surface area contributed by atoms with Gasteiger partial charge in [0.05, 0.1) is 5.71 Å². The zero-order chi connectivity index (χ0) is 6.15. The van der Waals surface area contributed by atoms with Crippen LogP contribution in [-0.4, -0.2) is 17.7 Å². The molecule has 1 atom stereocenters. The van der Waals surface area contributed by atoms with Crippen LogP contribution in [0, 0.1) is 0 Å². The number of carbonyl (C=O) groups excluding carboxylic acids is 1. The molecule has 4 nitrogen and oxygen atoms in total. The Balaban J connectivity index is 2.72. The lowest BCUT2D eigenvalue weighted by Gasteiger charge is -1.93. The van der Waals surface area contributed by atoms with Crippen molar-refractivity contribution in [2.24, 2.45) is 10.8 Å². The van der Waals surface area contributed by atoms with Gasteiger partial charge in [0.25, 0.3) is 5.91 Å². The summed E-state index contributed by atoms with van der Waals surface area (Å²) in [6.45, 7) is 1.71. The zero-order valence-corrected chi connectivity index (χ0v) is 4.51. The smallest absolute Gasteiger partial charge is 0.262 e. The summed E-state index contributed by atoms with van der Waals surface area (Å²) in [4.78, 5) is 10.4. The third-order valence-corrected chi connectivity index (χ3v) is 1.08. The van der Waals surface area contributed by atoms with Gasteiger partial charge >= 0.3 is 0 Å². The lowest BCUT2D eigenvalue weighted by molar-refractivity contribution is -0.120. The summed E-state index contributed by atoms with van der Waals surface area (Å²) in [7, 11) is 0. The predicted molar refractivity (Wildman–Crippen MR) is 29.2 cm³/mol. The minimum Gasteiger partial charge on any atom is -0.315 e. The largest absolute Gasteiger partial charge is 0.315 e. The van der Waals surface area contributed by atoms with E-state index in [0.717, 1.165) is 0 Å². The van der Waals surface area contributed by atoms with Crippen molar-refractivity contribution in [3.05, 3.63) is 0 Å². The minimum atomic E-state index is -0.519. The van der Waals surface area contributed by atoms with Gasteiger partial charge in [-0.05, 0) is 6.92 Å². The normalized spacial score (nSPS) is 27.5. The van der Waals surface area contributed by atoms with Crippen LogP contribution in [0.5, 0.6) is 0 Å². The molecular formula is C4H7N3O. The molecule has 0 aromatic rings. The monoisotopic (exact) mass is 113 g/mol. The molecule has 3 N–H and O–H groups in total. The Bertz CT molecular complexity index is 151. The van der Waals surface area contributed by atoms with Gasteiger partial charge in [-0.25, -0.2) is 5.43 Å². The number of nitrogens with one attached hydrogen (secondary N) is 1. The second-order valence-corrected chi connectivity index (χ2v) is 1.71. The van der Waals surface area contributed by atoms with Gasteiger partial charge in [-0.1, -0.05) is 0 Å². The van der Waals surface area contributed by atoms with Crippen molar-refractivity contribution in [3.8, 4) is 0 Å². The average molecular weight is 113 g/mol. The molecule has 1 heterocycles. The van der Waals surface area contributed by atoms with Crippen molar-refractivity contribution in [1.82, 2.24) is 5.43 Å². The minimum absolute atomic E-state index is 0.220. The van der Waals surface area contributed by atoms with Gasteiger partial charge in [-0.2, -0.15) is 5.10 Å². The van der Waals surface area contributed by atoms with E-state index in [0.29, 0.717) is 5.71 Å². The molecule has 1 rings (SSSR count). The number of nitrogens with zero attached hydrogens (tertiary/aromatic N) is 1. The fourth-order valence-electron chi connectivity index (χ4n) is 0.472. The second kappa shape index (κ2) is 1.56. The van der Waals surface area contributed by atoms with E-state index >= 15 is 0 Å². The SMILES string of the molecule is CC1=NNC(=O)C1N. The molecule has 1 unspecified atom stereocenters. The third-order valence-electron chi connectivity index (χ3n) is 1.08. The van der Waals surface area contributed by atoms with Gasteiger partial charge in [0.15, 0.2) is 0 Å². The number of rotatable bonds is 0. The molecule has 0 aromatic carbocycles. The number of hydrazone groups is 1. The molecule has 4 heteroatoms. The summed E-state index contributed by atoms with van der Waals surface area (Å²) in [5.41, 5.74) is 8.17. The molecule has 8 heavy (non-hydrogen) atoms. The van der Waals surface area contributed by atoms with E-state index in [1.807, 2.05) is 0 Å². The fourth-order valence-corrected chi connectivity index (χ4v) is 0.472. The van der Waals surface area contributed by atoms with Crippen LogP contribution in [0.1, 0.15) is 6.92 Å². The fraction of sp³-hybridized carbons (Fsp3) is 0.500. The van der Waals surface area contributed by atoms with Crippen molar-refractivity contribution in [3.63, 3.8) is 0 Å². The molecule has 0 bridgehead atoms. The summed E-state index contributed by atoms with van der Waals surface area (Å²) in [5, 5.41) is 3.59. The first-order chi connectivity index (χ1) is 3.72. The number of amides is 1. The Morgan fingerprint density at radius 3 is 2.62 bits per heavy atom. The van der Waals surface area contributed by atoms with Crippen molar-refractivity contribution >= 4 is 11.6 Å². The highest BCUT2D eigenvalue weighted by Gasteiger charge is 2.21. The van der Waals surface area contributed by atoms with Crippen LogP contribution in [0.4, 0.5) is 0 Å². The van der Waals surface area contributed by atoms with E-state index in [4.69, 9.17) is 5.73 Å². The highest BCUT2D eigenvalue weighted by Crippen LogP contribution is 1.91. The summed E-state index contributed by atoms with van der Waals surface area (Å²) >= 11 is 0. The van der Waals surface area contributed by atoms with Crippen LogP contribution in [0.15, 0.2) is 5.10 Å². The van der Waals surface area contributed by atoms with Crippen molar-refractivity contribution in [2.45, 2.75) is 13.0 Å². The van der Waals surface area contributed by atoms with E-state index in [-0.39, 0.29) is 5.91 Å². The molecule has 0 saturated heterocycles. The summed E-state index contributed by atoms with van der Waals surface area (Å²) < 4.78 is 0. The molecule has 0 radical (unpaired) electrons. The number of nitrogens with two attached hydrogens (primary N) is 1. The van der Waals surface area contributed by atoms with Gasteiger partial charge in [0, 0.05) is 0 Å². The second-order valence-electron chi connectivity index (χ2n) is 1.71. The van der Waals surface area contributed by atoms with Gasteiger partial charge in [-0.3, -0.25) is 4.79 Å². The van der Waals surface area contributed by atoms with E-state index in [2.05, 4.69) is 10.5 Å². The molecule has 0 aromatic heterocycles. The van der Waals surface area contributed by atoms with E-state index in [1.165, 1.54) is 0 Å². The number of carbonyl (C=O) groups is 1. The predicted octanol–water partition coefficient (Wildman–Crippen LogP) is -1.18. The van der Waals surface area contributed by atoms with Crippen molar-refractivity contribution in [2.75, 3.05) is 0 Å². The number of hydrogen-bond donors (Lipinski definition) is 2. The molecule has 0 fully saturated rings. The quantitative estimate of drug-likeness (QED) is 0.415. The molecular weight excluding hydrogens is 106 g/mol. The molecule has 0 saturated carbocycles. The Kier molecular flexibility index (Phi) is 1.02. The van der Waals surface area contributed by atoms with Crippen LogP contribution in [-0.2, 0) is 4.79 Å². The number of hydrogen-bond acceptors (Lipinski definition) is 3. The van der Waals surface area contributed by atoms with Gasteiger partial charge in [-0.15, -0.1) is 0 Å². The van der Waals surface area contributed by atoms with Crippen LogP contribution in [0.3, 0.4) is 0 Å². The van der Waals surface area contributed by atoms with Gasteiger partial charge in [0.2, 0.25) is 0 Å². The first-order valence-corrected chi connectivity index (χ1v) is 2.31. The van der Waals surface area contributed by atoms with Gasteiger partial charge < -0.3 is 5.73 Å². The van der Waals surface area contributed by atoms with Crippen LogP contribution in [0.25, 0.3) is 0 Å².